The molecule has 96 valence electrons. The van der Waals surface area contributed by atoms with Gasteiger partial charge in [-0.05, 0) is 36.7 Å². The van der Waals surface area contributed by atoms with Gasteiger partial charge in [-0.1, -0.05) is 12.1 Å². The lowest BCUT2D eigenvalue weighted by atomic mass is 10.2. The molecule has 1 aromatic carbocycles. The second-order valence-corrected chi connectivity index (χ2v) is 4.14. The van der Waals surface area contributed by atoms with E-state index in [1.165, 1.54) is 5.56 Å². The fourth-order valence-electron chi connectivity index (χ4n) is 1.76. The number of rotatable bonds is 7. The zero-order valence-corrected chi connectivity index (χ0v) is 10.7. The molecule has 0 atom stereocenters. The van der Waals surface area contributed by atoms with Crippen molar-refractivity contribution in [2.75, 3.05) is 20.3 Å². The van der Waals surface area contributed by atoms with Gasteiger partial charge in [0.1, 0.15) is 0 Å². The minimum Gasteiger partial charge on any atom is -0.385 e. The molecule has 0 saturated carbocycles. The Labute approximate surface area is 108 Å². The van der Waals surface area contributed by atoms with Crippen LogP contribution in [-0.2, 0) is 11.3 Å². The van der Waals surface area contributed by atoms with E-state index in [1.54, 1.807) is 13.3 Å². The molecule has 0 aliphatic carbocycles. The first kappa shape index (κ1) is 12.8. The van der Waals surface area contributed by atoms with Crippen molar-refractivity contribution < 1.29 is 4.74 Å². The maximum Gasteiger partial charge on any atom is 0.0645 e. The van der Waals surface area contributed by atoms with Crippen LogP contribution in [0, 0.1) is 0 Å². The van der Waals surface area contributed by atoms with Gasteiger partial charge >= 0.3 is 0 Å². The number of nitrogens with one attached hydrogen (secondary N) is 1. The van der Waals surface area contributed by atoms with Gasteiger partial charge in [-0.3, -0.25) is 0 Å². The summed E-state index contributed by atoms with van der Waals surface area (Å²) >= 11 is 0. The van der Waals surface area contributed by atoms with Crippen molar-refractivity contribution in [1.82, 2.24) is 15.1 Å². The van der Waals surface area contributed by atoms with Crippen LogP contribution < -0.4 is 5.32 Å². The molecule has 0 amide bonds. The van der Waals surface area contributed by atoms with Crippen molar-refractivity contribution >= 4 is 0 Å². The van der Waals surface area contributed by atoms with Gasteiger partial charge in [0.15, 0.2) is 0 Å². The maximum atomic E-state index is 5.00. The highest BCUT2D eigenvalue weighted by molar-refractivity contribution is 5.33. The van der Waals surface area contributed by atoms with Gasteiger partial charge in [-0.15, -0.1) is 0 Å². The number of nitrogens with zero attached hydrogens (tertiary/aromatic N) is 2. The van der Waals surface area contributed by atoms with E-state index in [9.17, 15) is 0 Å². The number of methoxy groups -OCH3 is 1. The minimum atomic E-state index is 0.811. The number of aromatic nitrogens is 2. The van der Waals surface area contributed by atoms with Crippen LogP contribution in [0.2, 0.25) is 0 Å². The predicted molar refractivity (Wildman–Crippen MR) is 71.8 cm³/mol. The fourth-order valence-corrected chi connectivity index (χ4v) is 1.76. The highest BCUT2D eigenvalue weighted by Gasteiger charge is 1.97. The molecular formula is C14H19N3O. The van der Waals surface area contributed by atoms with Crippen LogP contribution in [0.1, 0.15) is 12.0 Å². The summed E-state index contributed by atoms with van der Waals surface area (Å²) in [5.41, 5.74) is 2.37. The standard InChI is InChI=1S/C14H19N3O/c1-18-11-3-8-15-12-13-4-6-14(7-5-13)17-10-2-9-16-17/h2,4-7,9-10,15H,3,8,11-12H2,1H3. The molecule has 1 N–H and O–H groups in total. The average Bonchev–Trinajstić information content (AvgIpc) is 2.93. The second-order valence-electron chi connectivity index (χ2n) is 4.14. The van der Waals surface area contributed by atoms with Crippen LogP contribution in [0.15, 0.2) is 42.7 Å². The van der Waals surface area contributed by atoms with Crippen LogP contribution in [-0.4, -0.2) is 30.0 Å². The zero-order valence-electron chi connectivity index (χ0n) is 10.7. The van der Waals surface area contributed by atoms with Crippen molar-refractivity contribution in [2.45, 2.75) is 13.0 Å². The Morgan fingerprint density at radius 1 is 1.28 bits per heavy atom. The lowest BCUT2D eigenvalue weighted by Gasteiger charge is -2.06. The average molecular weight is 245 g/mol. The molecule has 4 heteroatoms. The van der Waals surface area contributed by atoms with E-state index in [4.69, 9.17) is 4.74 Å². The molecule has 0 spiro atoms. The van der Waals surface area contributed by atoms with Crippen molar-refractivity contribution in [1.29, 1.82) is 0 Å². The van der Waals surface area contributed by atoms with Gasteiger partial charge in [0.05, 0.1) is 5.69 Å². The SMILES string of the molecule is COCCCNCc1ccc(-n2cccn2)cc1. The highest BCUT2D eigenvalue weighted by atomic mass is 16.5. The van der Waals surface area contributed by atoms with Crippen LogP contribution >= 0.6 is 0 Å². The number of hydrogen-bond acceptors (Lipinski definition) is 3. The van der Waals surface area contributed by atoms with E-state index < -0.39 is 0 Å². The number of ether oxygens (including phenoxy) is 1. The third-order valence-corrected chi connectivity index (χ3v) is 2.74. The van der Waals surface area contributed by atoms with E-state index >= 15 is 0 Å². The first-order valence-corrected chi connectivity index (χ1v) is 6.19. The summed E-state index contributed by atoms with van der Waals surface area (Å²) in [7, 11) is 1.73. The first-order chi connectivity index (χ1) is 8.90. The smallest absolute Gasteiger partial charge is 0.0645 e. The minimum absolute atomic E-state index is 0.811. The molecular weight excluding hydrogens is 226 g/mol. The molecule has 0 unspecified atom stereocenters. The Bertz CT molecular complexity index is 437. The Kier molecular flexibility index (Phi) is 4.93. The molecule has 18 heavy (non-hydrogen) atoms. The summed E-state index contributed by atoms with van der Waals surface area (Å²) in [6, 6.07) is 10.3. The second kappa shape index (κ2) is 6.93. The molecule has 0 radical (unpaired) electrons. The third-order valence-electron chi connectivity index (χ3n) is 2.74. The highest BCUT2D eigenvalue weighted by Crippen LogP contribution is 2.08. The summed E-state index contributed by atoms with van der Waals surface area (Å²) < 4.78 is 6.86. The van der Waals surface area contributed by atoms with E-state index in [1.807, 2.05) is 16.9 Å². The monoisotopic (exact) mass is 245 g/mol. The Morgan fingerprint density at radius 2 is 2.11 bits per heavy atom. The molecule has 0 aliphatic heterocycles. The molecule has 1 heterocycles. The summed E-state index contributed by atoms with van der Waals surface area (Å²) in [5.74, 6) is 0. The van der Waals surface area contributed by atoms with E-state index in [0.717, 1.165) is 31.8 Å². The molecule has 2 rings (SSSR count). The summed E-state index contributed by atoms with van der Waals surface area (Å²) in [4.78, 5) is 0. The molecule has 0 fully saturated rings. The van der Waals surface area contributed by atoms with E-state index in [0.29, 0.717) is 0 Å². The first-order valence-electron chi connectivity index (χ1n) is 6.19. The summed E-state index contributed by atoms with van der Waals surface area (Å²) in [5, 5.41) is 7.59. The molecule has 0 bridgehead atoms. The third kappa shape index (κ3) is 3.68. The van der Waals surface area contributed by atoms with Gasteiger partial charge in [0.25, 0.3) is 0 Å². The lowest BCUT2D eigenvalue weighted by molar-refractivity contribution is 0.194. The normalized spacial score (nSPS) is 10.7. The van der Waals surface area contributed by atoms with Gasteiger partial charge in [0, 0.05) is 32.7 Å². The molecule has 0 aliphatic rings. The summed E-state index contributed by atoms with van der Waals surface area (Å²) in [6.45, 7) is 2.68. The van der Waals surface area contributed by atoms with Gasteiger partial charge in [-0.2, -0.15) is 5.10 Å². The number of hydrogen-bond donors (Lipinski definition) is 1. The summed E-state index contributed by atoms with van der Waals surface area (Å²) in [6.07, 6.45) is 4.77. The van der Waals surface area contributed by atoms with Crippen molar-refractivity contribution in [3.05, 3.63) is 48.3 Å². The van der Waals surface area contributed by atoms with Crippen molar-refractivity contribution in [2.24, 2.45) is 0 Å². The zero-order chi connectivity index (χ0) is 12.6. The maximum absolute atomic E-state index is 5.00. The Hall–Kier alpha value is -1.65. The Balaban J connectivity index is 1.81. The van der Waals surface area contributed by atoms with Crippen LogP contribution in [0.4, 0.5) is 0 Å². The molecule has 4 nitrogen and oxygen atoms in total. The predicted octanol–water partition coefficient (Wildman–Crippen LogP) is 2.00. The van der Waals surface area contributed by atoms with Gasteiger partial charge in [0.2, 0.25) is 0 Å². The largest absolute Gasteiger partial charge is 0.385 e. The van der Waals surface area contributed by atoms with Gasteiger partial charge in [-0.25, -0.2) is 4.68 Å². The van der Waals surface area contributed by atoms with Crippen LogP contribution in [0.25, 0.3) is 5.69 Å². The quantitative estimate of drug-likeness (QED) is 0.758. The van der Waals surface area contributed by atoms with Crippen LogP contribution in [0.5, 0.6) is 0 Å². The van der Waals surface area contributed by atoms with Crippen LogP contribution in [0.3, 0.4) is 0 Å². The van der Waals surface area contributed by atoms with Gasteiger partial charge < -0.3 is 10.1 Å². The van der Waals surface area contributed by atoms with Crippen molar-refractivity contribution in [3.8, 4) is 5.69 Å². The van der Waals surface area contributed by atoms with Crippen molar-refractivity contribution in [3.63, 3.8) is 0 Å². The Morgan fingerprint density at radius 3 is 2.78 bits per heavy atom. The van der Waals surface area contributed by atoms with E-state index in [2.05, 4.69) is 34.7 Å². The molecule has 1 aromatic heterocycles. The molecule has 0 saturated heterocycles. The topological polar surface area (TPSA) is 39.1 Å². The number of benzene rings is 1. The van der Waals surface area contributed by atoms with E-state index in [-0.39, 0.29) is 0 Å². The lowest BCUT2D eigenvalue weighted by Crippen LogP contribution is -2.16. The fraction of sp³-hybridized carbons (Fsp3) is 0.357. The molecule has 2 aromatic rings.